The lowest BCUT2D eigenvalue weighted by Gasteiger charge is -2.17. The van der Waals surface area contributed by atoms with Crippen LogP contribution in [0.15, 0.2) is 0 Å². The van der Waals surface area contributed by atoms with E-state index in [1.165, 1.54) is 38.5 Å². The summed E-state index contributed by atoms with van der Waals surface area (Å²) in [5.74, 6) is 2.85. The van der Waals surface area contributed by atoms with Gasteiger partial charge in [-0.05, 0) is 19.8 Å². The molecule has 2 rings (SSSR count). The zero-order valence-corrected chi connectivity index (χ0v) is 11.7. The van der Waals surface area contributed by atoms with Gasteiger partial charge in [-0.2, -0.15) is 0 Å². The Morgan fingerprint density at radius 1 is 1.11 bits per heavy atom. The molecule has 0 unspecified atom stereocenters. The summed E-state index contributed by atoms with van der Waals surface area (Å²) in [6.07, 6.45) is 9.34. The quantitative estimate of drug-likeness (QED) is 0.836. The summed E-state index contributed by atoms with van der Waals surface area (Å²) in [6.45, 7) is 4.84. The minimum Gasteiger partial charge on any atom is -0.324 e. The van der Waals surface area contributed by atoms with E-state index in [0.717, 1.165) is 24.0 Å². The fourth-order valence-corrected chi connectivity index (χ4v) is 3.06. The average molecular weight is 250 g/mol. The Bertz CT molecular complexity index is 362. The molecule has 1 aliphatic rings. The first-order valence-corrected chi connectivity index (χ1v) is 7.35. The SMILES string of the molecule is CC(C)n1c(CN)nnc1CC1CCCCCC1. The molecule has 102 valence electrons. The largest absolute Gasteiger partial charge is 0.324 e. The van der Waals surface area contributed by atoms with Gasteiger partial charge >= 0.3 is 0 Å². The minimum absolute atomic E-state index is 0.402. The second-order valence-electron chi connectivity index (χ2n) is 5.76. The van der Waals surface area contributed by atoms with Crippen LogP contribution in [0.25, 0.3) is 0 Å². The number of nitrogens with zero attached hydrogens (tertiary/aromatic N) is 3. The van der Waals surface area contributed by atoms with Gasteiger partial charge in [-0.25, -0.2) is 0 Å². The first-order valence-electron chi connectivity index (χ1n) is 7.35. The molecule has 2 N–H and O–H groups in total. The fraction of sp³-hybridized carbons (Fsp3) is 0.857. The molecule has 1 aromatic heterocycles. The van der Waals surface area contributed by atoms with Crippen LogP contribution >= 0.6 is 0 Å². The second kappa shape index (κ2) is 6.32. The van der Waals surface area contributed by atoms with Gasteiger partial charge in [-0.1, -0.05) is 38.5 Å². The summed E-state index contributed by atoms with van der Waals surface area (Å²) < 4.78 is 2.23. The molecule has 0 aliphatic heterocycles. The zero-order valence-electron chi connectivity index (χ0n) is 11.7. The summed E-state index contributed by atoms with van der Waals surface area (Å²) in [5, 5.41) is 8.60. The molecular formula is C14H26N4. The normalized spacial score (nSPS) is 18.2. The molecule has 0 amide bonds. The van der Waals surface area contributed by atoms with Crippen LogP contribution in [0.2, 0.25) is 0 Å². The van der Waals surface area contributed by atoms with Gasteiger partial charge in [-0.3, -0.25) is 0 Å². The van der Waals surface area contributed by atoms with Crippen molar-refractivity contribution in [3.8, 4) is 0 Å². The fourth-order valence-electron chi connectivity index (χ4n) is 3.06. The van der Waals surface area contributed by atoms with Crippen molar-refractivity contribution in [1.29, 1.82) is 0 Å². The van der Waals surface area contributed by atoms with Crippen LogP contribution in [0, 0.1) is 5.92 Å². The highest BCUT2D eigenvalue weighted by atomic mass is 15.3. The van der Waals surface area contributed by atoms with E-state index in [4.69, 9.17) is 5.73 Å². The van der Waals surface area contributed by atoms with Crippen molar-refractivity contribution in [2.24, 2.45) is 11.7 Å². The molecule has 0 aromatic carbocycles. The number of rotatable bonds is 4. The van der Waals surface area contributed by atoms with Crippen molar-refractivity contribution in [2.45, 2.75) is 71.4 Å². The highest BCUT2D eigenvalue weighted by Gasteiger charge is 2.19. The Morgan fingerprint density at radius 2 is 1.72 bits per heavy atom. The third-order valence-electron chi connectivity index (χ3n) is 3.98. The molecule has 4 nitrogen and oxygen atoms in total. The van der Waals surface area contributed by atoms with Crippen LogP contribution in [0.3, 0.4) is 0 Å². The molecule has 1 saturated carbocycles. The molecule has 1 heterocycles. The van der Waals surface area contributed by atoms with Gasteiger partial charge in [0.15, 0.2) is 0 Å². The first kappa shape index (κ1) is 13.5. The summed E-state index contributed by atoms with van der Waals surface area (Å²) in [6, 6.07) is 0.402. The molecule has 0 atom stereocenters. The van der Waals surface area contributed by atoms with Crippen molar-refractivity contribution in [3.63, 3.8) is 0 Å². The third-order valence-corrected chi connectivity index (χ3v) is 3.98. The van der Waals surface area contributed by atoms with E-state index >= 15 is 0 Å². The maximum absolute atomic E-state index is 5.74. The lowest BCUT2D eigenvalue weighted by atomic mass is 9.96. The minimum atomic E-state index is 0.402. The predicted molar refractivity (Wildman–Crippen MR) is 73.2 cm³/mol. The van der Waals surface area contributed by atoms with Gasteiger partial charge < -0.3 is 10.3 Å². The number of aromatic nitrogens is 3. The molecule has 0 saturated heterocycles. The molecule has 0 bridgehead atoms. The van der Waals surface area contributed by atoms with Gasteiger partial charge in [-0.15, -0.1) is 10.2 Å². The van der Waals surface area contributed by atoms with Crippen molar-refractivity contribution in [3.05, 3.63) is 11.6 Å². The standard InChI is InChI=1S/C14H26N4/c1-11(2)18-13(16-17-14(18)10-15)9-12-7-5-3-4-6-8-12/h11-12H,3-10,15H2,1-2H3. The van der Waals surface area contributed by atoms with Crippen LogP contribution in [0.5, 0.6) is 0 Å². The average Bonchev–Trinajstić information content (AvgIpc) is 2.57. The highest BCUT2D eigenvalue weighted by Crippen LogP contribution is 2.26. The number of hydrogen-bond donors (Lipinski definition) is 1. The maximum atomic E-state index is 5.74. The van der Waals surface area contributed by atoms with Gasteiger partial charge in [0.25, 0.3) is 0 Å². The number of hydrogen-bond acceptors (Lipinski definition) is 3. The lowest BCUT2D eigenvalue weighted by Crippen LogP contribution is -2.15. The van der Waals surface area contributed by atoms with Crippen molar-refractivity contribution in [1.82, 2.24) is 14.8 Å². The van der Waals surface area contributed by atoms with E-state index in [-0.39, 0.29) is 0 Å². The smallest absolute Gasteiger partial charge is 0.147 e. The van der Waals surface area contributed by atoms with Crippen molar-refractivity contribution >= 4 is 0 Å². The van der Waals surface area contributed by atoms with E-state index in [1.807, 2.05) is 0 Å². The van der Waals surface area contributed by atoms with Gasteiger partial charge in [0, 0.05) is 12.5 Å². The van der Waals surface area contributed by atoms with E-state index in [9.17, 15) is 0 Å². The summed E-state index contributed by atoms with van der Waals surface area (Å²) in [5.41, 5.74) is 5.74. The monoisotopic (exact) mass is 250 g/mol. The maximum Gasteiger partial charge on any atom is 0.147 e. The Morgan fingerprint density at radius 3 is 2.28 bits per heavy atom. The zero-order chi connectivity index (χ0) is 13.0. The van der Waals surface area contributed by atoms with Gasteiger partial charge in [0.1, 0.15) is 11.6 Å². The Balaban J connectivity index is 2.10. The molecule has 4 heteroatoms. The Kier molecular flexibility index (Phi) is 4.75. The Hall–Kier alpha value is -0.900. The lowest BCUT2D eigenvalue weighted by molar-refractivity contribution is 0.427. The summed E-state index contributed by atoms with van der Waals surface area (Å²) in [4.78, 5) is 0. The highest BCUT2D eigenvalue weighted by molar-refractivity contribution is 4.99. The number of nitrogens with two attached hydrogens (primary N) is 1. The predicted octanol–water partition coefficient (Wildman–Crippen LogP) is 2.83. The molecular weight excluding hydrogens is 224 g/mol. The van der Waals surface area contributed by atoms with E-state index in [0.29, 0.717) is 12.6 Å². The van der Waals surface area contributed by atoms with Crippen LogP contribution in [-0.4, -0.2) is 14.8 Å². The van der Waals surface area contributed by atoms with Crippen LogP contribution in [-0.2, 0) is 13.0 Å². The van der Waals surface area contributed by atoms with E-state index in [2.05, 4.69) is 28.6 Å². The molecule has 1 aliphatic carbocycles. The van der Waals surface area contributed by atoms with Gasteiger partial charge in [0.2, 0.25) is 0 Å². The summed E-state index contributed by atoms with van der Waals surface area (Å²) >= 11 is 0. The van der Waals surface area contributed by atoms with Gasteiger partial charge in [0.05, 0.1) is 6.54 Å². The topological polar surface area (TPSA) is 56.7 Å². The molecule has 0 spiro atoms. The van der Waals surface area contributed by atoms with Crippen molar-refractivity contribution < 1.29 is 0 Å². The van der Waals surface area contributed by atoms with Crippen molar-refractivity contribution in [2.75, 3.05) is 0 Å². The van der Waals surface area contributed by atoms with E-state index in [1.54, 1.807) is 0 Å². The third kappa shape index (κ3) is 3.10. The first-order chi connectivity index (χ1) is 8.72. The molecule has 1 aromatic rings. The van der Waals surface area contributed by atoms with Crippen LogP contribution < -0.4 is 5.73 Å². The van der Waals surface area contributed by atoms with Crippen LogP contribution in [0.4, 0.5) is 0 Å². The summed E-state index contributed by atoms with van der Waals surface area (Å²) in [7, 11) is 0. The molecule has 0 radical (unpaired) electrons. The van der Waals surface area contributed by atoms with Crippen LogP contribution in [0.1, 0.15) is 70.1 Å². The van der Waals surface area contributed by atoms with E-state index < -0.39 is 0 Å². The second-order valence-corrected chi connectivity index (χ2v) is 5.76. The molecule has 1 fully saturated rings. The Labute approximate surface area is 110 Å². The molecule has 18 heavy (non-hydrogen) atoms.